The van der Waals surface area contributed by atoms with Gasteiger partial charge in [0.2, 0.25) is 0 Å². The Morgan fingerprint density at radius 3 is 2.31 bits per heavy atom. The number of likely N-dealkylation sites (tertiary alicyclic amines) is 1. The number of thioether (sulfide) groups is 1. The molecule has 4 nitrogen and oxygen atoms in total. The number of aromatic nitrogens is 3. The fraction of sp³-hybridized carbons (Fsp3) is 0.333. The van der Waals surface area contributed by atoms with Crippen LogP contribution in [0.4, 0.5) is 0 Å². The van der Waals surface area contributed by atoms with Gasteiger partial charge in [-0.2, -0.15) is 0 Å². The Balaban J connectivity index is 1.46. The fourth-order valence-corrected chi connectivity index (χ4v) is 4.42. The van der Waals surface area contributed by atoms with Gasteiger partial charge in [0.1, 0.15) is 5.82 Å². The van der Waals surface area contributed by atoms with Crippen LogP contribution in [0.5, 0.6) is 0 Å². The lowest BCUT2D eigenvalue weighted by molar-refractivity contribution is 0.213. The molecule has 0 spiro atoms. The van der Waals surface area contributed by atoms with Crippen LogP contribution in [-0.4, -0.2) is 38.5 Å². The van der Waals surface area contributed by atoms with Crippen LogP contribution in [0.25, 0.3) is 6.08 Å². The number of hydrogen-bond donors (Lipinski definition) is 0. The third-order valence-electron chi connectivity index (χ3n) is 5.21. The first kappa shape index (κ1) is 19.9. The van der Waals surface area contributed by atoms with Crippen LogP contribution in [0.3, 0.4) is 0 Å². The van der Waals surface area contributed by atoms with E-state index in [1.54, 1.807) is 11.8 Å². The first-order valence-electron chi connectivity index (χ1n) is 10.4. The van der Waals surface area contributed by atoms with E-state index in [9.17, 15) is 0 Å². The summed E-state index contributed by atoms with van der Waals surface area (Å²) < 4.78 is 2.30. The van der Waals surface area contributed by atoms with Gasteiger partial charge in [-0.3, -0.25) is 4.90 Å². The molecule has 5 heteroatoms. The summed E-state index contributed by atoms with van der Waals surface area (Å²) in [6.07, 6.45) is 8.30. The molecule has 3 aromatic rings. The molecule has 0 radical (unpaired) electrons. The molecule has 150 valence electrons. The summed E-state index contributed by atoms with van der Waals surface area (Å²) in [5, 5.41) is 10.1. The smallest absolute Gasteiger partial charge is 0.191 e. The second-order valence-electron chi connectivity index (χ2n) is 7.43. The molecular weight excluding hydrogens is 376 g/mol. The van der Waals surface area contributed by atoms with Crippen molar-refractivity contribution in [1.82, 2.24) is 19.7 Å². The molecule has 4 rings (SSSR count). The molecule has 1 fully saturated rings. The first-order valence-corrected chi connectivity index (χ1v) is 11.4. The highest BCUT2D eigenvalue weighted by Crippen LogP contribution is 2.21. The molecule has 0 atom stereocenters. The summed E-state index contributed by atoms with van der Waals surface area (Å²) in [5.74, 6) is 1.95. The van der Waals surface area contributed by atoms with E-state index >= 15 is 0 Å². The zero-order chi connectivity index (χ0) is 19.7. The molecule has 0 unspecified atom stereocenters. The summed E-state index contributed by atoms with van der Waals surface area (Å²) in [6, 6.07) is 21.0. The molecule has 0 saturated carbocycles. The van der Waals surface area contributed by atoms with Gasteiger partial charge in [0, 0.05) is 5.75 Å². The maximum atomic E-state index is 4.57. The maximum Gasteiger partial charge on any atom is 0.191 e. The van der Waals surface area contributed by atoms with Crippen molar-refractivity contribution in [3.05, 3.63) is 83.7 Å². The Hall–Kier alpha value is -2.37. The number of hydrogen-bond acceptors (Lipinski definition) is 4. The summed E-state index contributed by atoms with van der Waals surface area (Å²) >= 11 is 1.75. The van der Waals surface area contributed by atoms with Gasteiger partial charge in [0.25, 0.3) is 0 Å². The average molecular weight is 405 g/mol. The Labute approximate surface area is 177 Å². The topological polar surface area (TPSA) is 34.0 Å². The lowest BCUT2D eigenvalue weighted by atomic mass is 10.1. The van der Waals surface area contributed by atoms with Gasteiger partial charge < -0.3 is 4.57 Å². The molecule has 1 aliphatic heterocycles. The van der Waals surface area contributed by atoms with E-state index in [1.165, 1.54) is 43.5 Å². The van der Waals surface area contributed by atoms with Crippen molar-refractivity contribution in [2.45, 2.75) is 37.5 Å². The fourth-order valence-electron chi connectivity index (χ4n) is 3.66. The molecule has 0 N–H and O–H groups in total. The lowest BCUT2D eigenvalue weighted by Gasteiger charge is -2.26. The number of piperidine rings is 1. The van der Waals surface area contributed by atoms with Gasteiger partial charge >= 0.3 is 0 Å². The van der Waals surface area contributed by atoms with Crippen molar-refractivity contribution in [3.8, 4) is 0 Å². The number of nitrogens with zero attached hydrogens (tertiary/aromatic N) is 4. The van der Waals surface area contributed by atoms with E-state index in [0.29, 0.717) is 0 Å². The predicted molar refractivity (Wildman–Crippen MR) is 121 cm³/mol. The Morgan fingerprint density at radius 2 is 1.55 bits per heavy atom. The van der Waals surface area contributed by atoms with Gasteiger partial charge in [0.15, 0.2) is 5.16 Å². The van der Waals surface area contributed by atoms with E-state index in [0.717, 1.165) is 29.8 Å². The zero-order valence-electron chi connectivity index (χ0n) is 16.8. The van der Waals surface area contributed by atoms with Gasteiger partial charge in [-0.15, -0.1) is 10.2 Å². The molecule has 0 bridgehead atoms. The highest BCUT2D eigenvalue weighted by molar-refractivity contribution is 7.99. The van der Waals surface area contributed by atoms with E-state index in [2.05, 4.69) is 86.4 Å². The highest BCUT2D eigenvalue weighted by atomic mass is 32.2. The molecule has 29 heavy (non-hydrogen) atoms. The van der Waals surface area contributed by atoms with Crippen LogP contribution in [-0.2, 0) is 13.1 Å². The third kappa shape index (κ3) is 5.81. The van der Waals surface area contributed by atoms with Crippen molar-refractivity contribution >= 4 is 17.8 Å². The molecule has 0 aliphatic carbocycles. The van der Waals surface area contributed by atoms with Gasteiger partial charge in [0.05, 0.1) is 13.1 Å². The minimum atomic E-state index is 0.821. The second-order valence-corrected chi connectivity index (χ2v) is 8.42. The Bertz CT molecular complexity index is 899. The summed E-state index contributed by atoms with van der Waals surface area (Å²) in [6.45, 7) is 4.04. The zero-order valence-corrected chi connectivity index (χ0v) is 17.6. The molecule has 1 aliphatic rings. The lowest BCUT2D eigenvalue weighted by Crippen LogP contribution is -2.30. The summed E-state index contributed by atoms with van der Waals surface area (Å²) in [7, 11) is 0. The Morgan fingerprint density at radius 1 is 0.828 bits per heavy atom. The largest absolute Gasteiger partial charge is 0.300 e. The van der Waals surface area contributed by atoms with Gasteiger partial charge in [-0.1, -0.05) is 91.0 Å². The average Bonchev–Trinajstić information content (AvgIpc) is 3.14. The molecular formula is C24H28N4S. The van der Waals surface area contributed by atoms with Gasteiger partial charge in [-0.05, 0) is 37.1 Å². The van der Waals surface area contributed by atoms with Crippen molar-refractivity contribution in [2.24, 2.45) is 0 Å². The second kappa shape index (κ2) is 10.4. The highest BCUT2D eigenvalue weighted by Gasteiger charge is 2.17. The normalized spacial score (nSPS) is 15.2. The molecule has 2 heterocycles. The Kier molecular flexibility index (Phi) is 7.16. The SMILES string of the molecule is C(=Cc1ccccc1)CSc1nnc(CN2CCCCC2)n1Cc1ccccc1. The third-order valence-corrected chi connectivity index (χ3v) is 6.13. The monoisotopic (exact) mass is 404 g/mol. The first-order chi connectivity index (χ1) is 14.4. The van der Waals surface area contributed by atoms with Crippen LogP contribution in [0.1, 0.15) is 36.2 Å². The van der Waals surface area contributed by atoms with E-state index in [-0.39, 0.29) is 0 Å². The maximum absolute atomic E-state index is 4.57. The van der Waals surface area contributed by atoms with Crippen LogP contribution < -0.4 is 0 Å². The molecule has 1 aromatic heterocycles. The van der Waals surface area contributed by atoms with Crippen molar-refractivity contribution in [2.75, 3.05) is 18.8 Å². The minimum Gasteiger partial charge on any atom is -0.300 e. The minimum absolute atomic E-state index is 0.821. The molecule has 2 aromatic carbocycles. The summed E-state index contributed by atoms with van der Waals surface area (Å²) in [4.78, 5) is 2.51. The quantitative estimate of drug-likeness (QED) is 0.488. The van der Waals surface area contributed by atoms with Crippen molar-refractivity contribution in [3.63, 3.8) is 0 Å². The number of rotatable bonds is 8. The van der Waals surface area contributed by atoms with Crippen LogP contribution in [0.15, 0.2) is 71.9 Å². The van der Waals surface area contributed by atoms with E-state index < -0.39 is 0 Å². The predicted octanol–water partition coefficient (Wildman–Crippen LogP) is 5.12. The summed E-state index contributed by atoms with van der Waals surface area (Å²) in [5.41, 5.74) is 2.51. The molecule has 1 saturated heterocycles. The van der Waals surface area contributed by atoms with Crippen molar-refractivity contribution < 1.29 is 0 Å². The van der Waals surface area contributed by atoms with Crippen LogP contribution in [0, 0.1) is 0 Å². The van der Waals surface area contributed by atoms with Crippen molar-refractivity contribution in [1.29, 1.82) is 0 Å². The van der Waals surface area contributed by atoms with Gasteiger partial charge in [-0.25, -0.2) is 0 Å². The van der Waals surface area contributed by atoms with Crippen LogP contribution >= 0.6 is 11.8 Å². The van der Waals surface area contributed by atoms with Crippen LogP contribution in [0.2, 0.25) is 0 Å². The van der Waals surface area contributed by atoms with E-state index in [4.69, 9.17) is 0 Å². The standard InChI is InChI=1S/C24H28N4S/c1-4-11-21(12-5-1)15-10-18-29-24-26-25-23(20-27-16-8-3-9-17-27)28(24)19-22-13-6-2-7-14-22/h1-2,4-7,10-15H,3,8-9,16-20H2. The van der Waals surface area contributed by atoms with E-state index in [1.807, 2.05) is 6.07 Å². The number of benzene rings is 2. The molecule has 0 amide bonds.